The van der Waals surface area contributed by atoms with Gasteiger partial charge in [0.15, 0.2) is 12.2 Å². The fraction of sp³-hybridized carbons (Fsp3) is 0.308. The van der Waals surface area contributed by atoms with Crippen molar-refractivity contribution in [3.05, 3.63) is 40.6 Å². The molecule has 0 unspecified atom stereocenters. The zero-order valence-corrected chi connectivity index (χ0v) is 11.2. The molecule has 0 radical (unpaired) electrons. The molecule has 0 saturated heterocycles. The zero-order valence-electron chi connectivity index (χ0n) is 9.62. The molecule has 1 heterocycles. The minimum Gasteiger partial charge on any atom is -0.443 e. The van der Waals surface area contributed by atoms with Crippen molar-refractivity contribution in [2.75, 3.05) is 0 Å². The lowest BCUT2D eigenvalue weighted by Crippen LogP contribution is -2.16. The highest BCUT2D eigenvalue weighted by Gasteiger charge is 2.22. The van der Waals surface area contributed by atoms with E-state index in [1.54, 1.807) is 18.2 Å². The Labute approximate surface area is 113 Å². The minimum atomic E-state index is -0.318. The third-order valence-electron chi connectivity index (χ3n) is 2.97. The van der Waals surface area contributed by atoms with Gasteiger partial charge in [-0.25, -0.2) is 9.37 Å². The van der Waals surface area contributed by atoms with E-state index >= 15 is 0 Å². The van der Waals surface area contributed by atoms with Crippen molar-refractivity contribution in [3.63, 3.8) is 0 Å². The van der Waals surface area contributed by atoms with Gasteiger partial charge in [-0.2, -0.15) is 0 Å². The van der Waals surface area contributed by atoms with Crippen LogP contribution in [-0.2, 0) is 6.54 Å². The topological polar surface area (TPSA) is 38.1 Å². The Balaban J connectivity index is 1.90. The van der Waals surface area contributed by atoms with Crippen LogP contribution in [0.1, 0.15) is 18.5 Å². The van der Waals surface area contributed by atoms with Crippen molar-refractivity contribution in [3.8, 4) is 11.3 Å². The molecule has 0 amide bonds. The first-order valence-corrected chi connectivity index (χ1v) is 6.65. The molecular weight excluding hydrogens is 299 g/mol. The molecule has 94 valence electrons. The summed E-state index contributed by atoms with van der Waals surface area (Å²) in [7, 11) is 0. The molecule has 0 atom stereocenters. The summed E-state index contributed by atoms with van der Waals surface area (Å²) in [6, 6.07) is 5.73. The van der Waals surface area contributed by atoms with Gasteiger partial charge >= 0.3 is 0 Å². The summed E-state index contributed by atoms with van der Waals surface area (Å²) >= 11 is 3.18. The Morgan fingerprint density at radius 1 is 1.44 bits per heavy atom. The molecule has 18 heavy (non-hydrogen) atoms. The zero-order chi connectivity index (χ0) is 12.5. The van der Waals surface area contributed by atoms with Gasteiger partial charge in [0, 0.05) is 12.6 Å². The number of aromatic nitrogens is 1. The molecule has 1 N–H and O–H groups in total. The number of benzene rings is 1. The molecule has 1 aliphatic rings. The van der Waals surface area contributed by atoms with Gasteiger partial charge in [0.1, 0.15) is 11.5 Å². The quantitative estimate of drug-likeness (QED) is 0.939. The normalized spacial score (nSPS) is 15.0. The second-order valence-electron chi connectivity index (χ2n) is 4.38. The Bertz CT molecular complexity index is 566. The van der Waals surface area contributed by atoms with Gasteiger partial charge in [-0.15, -0.1) is 0 Å². The monoisotopic (exact) mass is 310 g/mol. The summed E-state index contributed by atoms with van der Waals surface area (Å²) in [4.78, 5) is 4.15. The number of oxazole rings is 1. The van der Waals surface area contributed by atoms with Gasteiger partial charge in [0.2, 0.25) is 0 Å². The van der Waals surface area contributed by atoms with Crippen molar-refractivity contribution in [2.24, 2.45) is 0 Å². The lowest BCUT2D eigenvalue weighted by molar-refractivity contribution is 0.557. The maximum absolute atomic E-state index is 14.0. The second-order valence-corrected chi connectivity index (χ2v) is 5.24. The first-order chi connectivity index (χ1) is 8.75. The van der Waals surface area contributed by atoms with Crippen LogP contribution in [0.3, 0.4) is 0 Å². The lowest BCUT2D eigenvalue weighted by atomic mass is 10.1. The molecule has 1 aromatic heterocycles. The summed E-state index contributed by atoms with van der Waals surface area (Å²) in [5.41, 5.74) is 1.19. The van der Waals surface area contributed by atoms with Gasteiger partial charge in [-0.3, -0.25) is 0 Å². The SMILES string of the molecule is Fc1c(Br)cccc1-c1ocnc1CNC1CC1. The summed E-state index contributed by atoms with van der Waals surface area (Å²) in [5.74, 6) is 0.184. The number of hydrogen-bond donors (Lipinski definition) is 1. The van der Waals surface area contributed by atoms with E-state index in [1.807, 2.05) is 0 Å². The van der Waals surface area contributed by atoms with Crippen LogP contribution < -0.4 is 5.32 Å². The van der Waals surface area contributed by atoms with Crippen molar-refractivity contribution in [1.82, 2.24) is 10.3 Å². The number of nitrogens with one attached hydrogen (secondary N) is 1. The van der Waals surface area contributed by atoms with Crippen LogP contribution >= 0.6 is 15.9 Å². The van der Waals surface area contributed by atoms with E-state index in [9.17, 15) is 4.39 Å². The van der Waals surface area contributed by atoms with Crippen LogP contribution in [0.2, 0.25) is 0 Å². The molecule has 3 nitrogen and oxygen atoms in total. The Kier molecular flexibility index (Phi) is 3.18. The van der Waals surface area contributed by atoms with Crippen molar-refractivity contribution >= 4 is 15.9 Å². The van der Waals surface area contributed by atoms with E-state index in [1.165, 1.54) is 19.2 Å². The Morgan fingerprint density at radius 2 is 2.28 bits per heavy atom. The van der Waals surface area contributed by atoms with E-state index in [4.69, 9.17) is 4.42 Å². The lowest BCUT2D eigenvalue weighted by Gasteiger charge is -2.04. The van der Waals surface area contributed by atoms with Crippen LogP contribution in [0, 0.1) is 5.82 Å². The highest BCUT2D eigenvalue weighted by atomic mass is 79.9. The molecule has 0 spiro atoms. The van der Waals surface area contributed by atoms with Crippen LogP contribution in [0.25, 0.3) is 11.3 Å². The van der Waals surface area contributed by atoms with E-state index in [-0.39, 0.29) is 5.82 Å². The number of halogens is 2. The molecule has 1 aliphatic carbocycles. The fourth-order valence-corrected chi connectivity index (χ4v) is 2.19. The Morgan fingerprint density at radius 3 is 3.06 bits per heavy atom. The molecule has 5 heteroatoms. The number of hydrogen-bond acceptors (Lipinski definition) is 3. The molecule has 0 bridgehead atoms. The van der Waals surface area contributed by atoms with Crippen molar-refractivity contribution in [2.45, 2.75) is 25.4 Å². The first-order valence-electron chi connectivity index (χ1n) is 5.86. The standard InChI is InChI=1S/C13H12BrFN2O/c14-10-3-1-2-9(12(10)15)13-11(17-7-18-13)6-16-8-4-5-8/h1-3,7-8,16H,4-6H2. The van der Waals surface area contributed by atoms with Crippen LogP contribution in [0.5, 0.6) is 0 Å². The van der Waals surface area contributed by atoms with Gasteiger partial charge in [0.05, 0.1) is 10.0 Å². The molecule has 1 saturated carbocycles. The summed E-state index contributed by atoms with van der Waals surface area (Å²) in [6.07, 6.45) is 3.77. The van der Waals surface area contributed by atoms with E-state index < -0.39 is 0 Å². The number of rotatable bonds is 4. The largest absolute Gasteiger partial charge is 0.443 e. The molecule has 3 rings (SSSR count). The molecule has 0 aliphatic heterocycles. The maximum Gasteiger partial charge on any atom is 0.181 e. The van der Waals surface area contributed by atoms with Crippen LogP contribution in [0.4, 0.5) is 4.39 Å². The van der Waals surface area contributed by atoms with Crippen molar-refractivity contribution < 1.29 is 8.81 Å². The van der Waals surface area contributed by atoms with Crippen molar-refractivity contribution in [1.29, 1.82) is 0 Å². The van der Waals surface area contributed by atoms with Crippen LogP contribution in [-0.4, -0.2) is 11.0 Å². The second kappa shape index (κ2) is 4.82. The Hall–Kier alpha value is -1.20. The average molecular weight is 311 g/mol. The maximum atomic E-state index is 14.0. The first kappa shape index (κ1) is 11.9. The molecule has 1 aromatic carbocycles. The predicted octanol–water partition coefficient (Wildman–Crippen LogP) is 3.50. The van der Waals surface area contributed by atoms with Gasteiger partial charge in [-0.05, 0) is 40.9 Å². The smallest absolute Gasteiger partial charge is 0.181 e. The molecular formula is C13H12BrFN2O. The predicted molar refractivity (Wildman–Crippen MR) is 69.5 cm³/mol. The van der Waals surface area contributed by atoms with E-state index in [2.05, 4.69) is 26.2 Å². The summed E-state index contributed by atoms with van der Waals surface area (Å²) in [5, 5.41) is 3.35. The van der Waals surface area contributed by atoms with Crippen LogP contribution in [0.15, 0.2) is 33.5 Å². The average Bonchev–Trinajstić information content (AvgIpc) is 3.08. The molecule has 2 aromatic rings. The third-order valence-corrected chi connectivity index (χ3v) is 3.59. The minimum absolute atomic E-state index is 0.318. The van der Waals surface area contributed by atoms with Gasteiger partial charge in [0.25, 0.3) is 0 Å². The molecule has 1 fully saturated rings. The summed E-state index contributed by atoms with van der Waals surface area (Å²) < 4.78 is 19.8. The van der Waals surface area contributed by atoms with E-state index in [0.29, 0.717) is 28.4 Å². The number of nitrogens with zero attached hydrogens (tertiary/aromatic N) is 1. The highest BCUT2D eigenvalue weighted by molar-refractivity contribution is 9.10. The van der Waals surface area contributed by atoms with Gasteiger partial charge < -0.3 is 9.73 Å². The third kappa shape index (κ3) is 2.33. The summed E-state index contributed by atoms with van der Waals surface area (Å²) in [6.45, 7) is 0.614. The highest BCUT2D eigenvalue weighted by Crippen LogP contribution is 2.30. The van der Waals surface area contributed by atoms with Gasteiger partial charge in [-0.1, -0.05) is 6.07 Å². The fourth-order valence-electron chi connectivity index (χ4n) is 1.82. The van der Waals surface area contributed by atoms with E-state index in [0.717, 1.165) is 5.69 Å².